The van der Waals surface area contributed by atoms with Gasteiger partial charge in [0, 0.05) is 18.7 Å². The lowest BCUT2D eigenvalue weighted by atomic mass is 9.93. The van der Waals surface area contributed by atoms with E-state index in [9.17, 15) is 4.79 Å². The predicted octanol–water partition coefficient (Wildman–Crippen LogP) is 1.42. The molecule has 2 rings (SSSR count). The number of carbonyl (C=O) groups is 1. The first-order valence-electron chi connectivity index (χ1n) is 6.90. The Bertz CT molecular complexity index is 538. The van der Waals surface area contributed by atoms with Crippen molar-refractivity contribution < 1.29 is 14.7 Å². The number of amidine groups is 1. The number of amides is 1. The molecular formula is C15H21N3O3. The van der Waals surface area contributed by atoms with Crippen molar-refractivity contribution in [2.45, 2.75) is 20.3 Å². The number of likely N-dealkylation sites (tertiary alicyclic amines) is 1. The molecule has 1 aromatic carbocycles. The standard InChI is InChI=1S/C15H21N3O3/c1-15(2)7-8-18(10-15)13(19)9-21-12-5-3-11(4-6-12)14(16)17-20/h3-6,20H,7-10H2,1-2H3,(H2,16,17). The maximum atomic E-state index is 12.1. The molecule has 0 saturated carbocycles. The van der Waals surface area contributed by atoms with E-state index in [-0.39, 0.29) is 23.8 Å². The fourth-order valence-electron chi connectivity index (χ4n) is 2.34. The van der Waals surface area contributed by atoms with E-state index in [0.717, 1.165) is 19.5 Å². The molecular weight excluding hydrogens is 270 g/mol. The average Bonchev–Trinajstić information content (AvgIpc) is 2.84. The second-order valence-corrected chi connectivity index (χ2v) is 6.03. The van der Waals surface area contributed by atoms with Crippen LogP contribution in [0.1, 0.15) is 25.8 Å². The maximum absolute atomic E-state index is 12.1. The zero-order chi connectivity index (χ0) is 15.5. The molecule has 1 amide bonds. The van der Waals surface area contributed by atoms with Crippen molar-refractivity contribution in [2.75, 3.05) is 19.7 Å². The van der Waals surface area contributed by atoms with E-state index in [1.54, 1.807) is 24.3 Å². The zero-order valence-electron chi connectivity index (χ0n) is 12.4. The predicted molar refractivity (Wildman–Crippen MR) is 79.4 cm³/mol. The first kappa shape index (κ1) is 15.2. The number of oxime groups is 1. The SMILES string of the molecule is CC1(C)CCN(C(=O)COc2ccc(/C(N)=N/O)cc2)C1. The molecule has 6 heteroatoms. The Balaban J connectivity index is 1.87. The summed E-state index contributed by atoms with van der Waals surface area (Å²) in [6.45, 7) is 5.91. The molecule has 1 aromatic rings. The fraction of sp³-hybridized carbons (Fsp3) is 0.467. The summed E-state index contributed by atoms with van der Waals surface area (Å²) >= 11 is 0. The number of rotatable bonds is 4. The van der Waals surface area contributed by atoms with E-state index < -0.39 is 0 Å². The number of nitrogens with two attached hydrogens (primary N) is 1. The summed E-state index contributed by atoms with van der Waals surface area (Å²) < 4.78 is 5.48. The molecule has 0 radical (unpaired) electrons. The van der Waals surface area contributed by atoms with Crippen molar-refractivity contribution in [3.63, 3.8) is 0 Å². The molecule has 114 valence electrons. The van der Waals surface area contributed by atoms with Crippen LogP contribution in [0.4, 0.5) is 0 Å². The van der Waals surface area contributed by atoms with Gasteiger partial charge in [0.1, 0.15) is 5.75 Å². The van der Waals surface area contributed by atoms with Crippen molar-refractivity contribution in [1.82, 2.24) is 4.90 Å². The molecule has 1 fully saturated rings. The highest BCUT2D eigenvalue weighted by Crippen LogP contribution is 2.28. The van der Waals surface area contributed by atoms with E-state index in [0.29, 0.717) is 11.3 Å². The van der Waals surface area contributed by atoms with Crippen LogP contribution in [0.25, 0.3) is 0 Å². The fourth-order valence-corrected chi connectivity index (χ4v) is 2.34. The summed E-state index contributed by atoms with van der Waals surface area (Å²) in [6, 6.07) is 6.73. The van der Waals surface area contributed by atoms with E-state index in [2.05, 4.69) is 19.0 Å². The summed E-state index contributed by atoms with van der Waals surface area (Å²) in [7, 11) is 0. The van der Waals surface area contributed by atoms with Crippen LogP contribution >= 0.6 is 0 Å². The quantitative estimate of drug-likeness (QED) is 0.380. The largest absolute Gasteiger partial charge is 0.484 e. The van der Waals surface area contributed by atoms with Crippen molar-refractivity contribution in [1.29, 1.82) is 0 Å². The Morgan fingerprint density at radius 3 is 2.62 bits per heavy atom. The average molecular weight is 291 g/mol. The van der Waals surface area contributed by atoms with Crippen molar-refractivity contribution in [3.05, 3.63) is 29.8 Å². The van der Waals surface area contributed by atoms with Crippen LogP contribution in [0.2, 0.25) is 0 Å². The molecule has 0 bridgehead atoms. The van der Waals surface area contributed by atoms with E-state index in [4.69, 9.17) is 15.7 Å². The van der Waals surface area contributed by atoms with Crippen LogP contribution in [-0.4, -0.2) is 41.5 Å². The minimum Gasteiger partial charge on any atom is -0.484 e. The number of hydrogen-bond acceptors (Lipinski definition) is 4. The number of carbonyl (C=O) groups excluding carboxylic acids is 1. The zero-order valence-corrected chi connectivity index (χ0v) is 12.4. The first-order chi connectivity index (χ1) is 9.91. The normalized spacial score (nSPS) is 17.8. The van der Waals surface area contributed by atoms with Gasteiger partial charge in [-0.05, 0) is 36.1 Å². The molecule has 1 heterocycles. The van der Waals surface area contributed by atoms with Crippen molar-refractivity contribution in [3.8, 4) is 5.75 Å². The van der Waals surface area contributed by atoms with E-state index in [1.165, 1.54) is 0 Å². The Kier molecular flexibility index (Phi) is 4.35. The van der Waals surface area contributed by atoms with Gasteiger partial charge in [-0.15, -0.1) is 0 Å². The third-order valence-electron chi connectivity index (χ3n) is 3.65. The van der Waals surface area contributed by atoms with Crippen molar-refractivity contribution >= 4 is 11.7 Å². The lowest BCUT2D eigenvalue weighted by Gasteiger charge is -2.19. The Morgan fingerprint density at radius 1 is 1.43 bits per heavy atom. The molecule has 0 spiro atoms. The monoisotopic (exact) mass is 291 g/mol. The highest BCUT2D eigenvalue weighted by molar-refractivity contribution is 5.97. The molecule has 1 aliphatic rings. The minimum absolute atomic E-state index is 0.00101. The van der Waals surface area contributed by atoms with Gasteiger partial charge in [0.05, 0.1) is 0 Å². The van der Waals surface area contributed by atoms with E-state index in [1.807, 2.05) is 4.90 Å². The van der Waals surface area contributed by atoms with Crippen LogP contribution < -0.4 is 10.5 Å². The van der Waals surface area contributed by atoms with Gasteiger partial charge in [0.2, 0.25) is 0 Å². The van der Waals surface area contributed by atoms with E-state index >= 15 is 0 Å². The van der Waals surface area contributed by atoms with Gasteiger partial charge < -0.3 is 20.6 Å². The second kappa shape index (κ2) is 6.03. The third kappa shape index (κ3) is 3.87. The summed E-state index contributed by atoms with van der Waals surface area (Å²) in [5, 5.41) is 11.5. The number of nitrogens with zero attached hydrogens (tertiary/aromatic N) is 2. The van der Waals surface area contributed by atoms with Crippen LogP contribution in [0.3, 0.4) is 0 Å². The molecule has 6 nitrogen and oxygen atoms in total. The van der Waals surface area contributed by atoms with Crippen LogP contribution in [0.15, 0.2) is 29.4 Å². The van der Waals surface area contributed by atoms with Gasteiger partial charge in [-0.1, -0.05) is 19.0 Å². The lowest BCUT2D eigenvalue weighted by molar-refractivity contribution is -0.132. The van der Waals surface area contributed by atoms with Crippen LogP contribution in [0.5, 0.6) is 5.75 Å². The second-order valence-electron chi connectivity index (χ2n) is 6.03. The number of benzene rings is 1. The summed E-state index contributed by atoms with van der Waals surface area (Å²) in [5.74, 6) is 0.620. The molecule has 3 N–H and O–H groups in total. The van der Waals surface area contributed by atoms with Gasteiger partial charge in [-0.2, -0.15) is 0 Å². The molecule has 0 atom stereocenters. The Labute approximate surface area is 124 Å². The first-order valence-corrected chi connectivity index (χ1v) is 6.90. The van der Waals surface area contributed by atoms with Crippen LogP contribution in [-0.2, 0) is 4.79 Å². The molecule has 21 heavy (non-hydrogen) atoms. The number of ether oxygens (including phenoxy) is 1. The highest BCUT2D eigenvalue weighted by Gasteiger charge is 2.31. The number of hydrogen-bond donors (Lipinski definition) is 2. The molecule has 0 aromatic heterocycles. The molecule has 1 aliphatic heterocycles. The summed E-state index contributed by atoms with van der Waals surface area (Å²) in [4.78, 5) is 13.9. The smallest absolute Gasteiger partial charge is 0.260 e. The third-order valence-corrected chi connectivity index (χ3v) is 3.65. The minimum atomic E-state index is 0.00101. The highest BCUT2D eigenvalue weighted by atomic mass is 16.5. The van der Waals surface area contributed by atoms with Gasteiger partial charge >= 0.3 is 0 Å². The lowest BCUT2D eigenvalue weighted by Crippen LogP contribution is -2.34. The van der Waals surface area contributed by atoms with Gasteiger partial charge in [0.25, 0.3) is 5.91 Å². The summed E-state index contributed by atoms with van der Waals surface area (Å²) in [5.41, 5.74) is 6.26. The Hall–Kier alpha value is -2.24. The maximum Gasteiger partial charge on any atom is 0.260 e. The summed E-state index contributed by atoms with van der Waals surface area (Å²) in [6.07, 6.45) is 1.02. The molecule has 0 unspecified atom stereocenters. The Morgan fingerprint density at radius 2 is 2.10 bits per heavy atom. The molecule has 0 aliphatic carbocycles. The van der Waals surface area contributed by atoms with Crippen LogP contribution in [0, 0.1) is 5.41 Å². The van der Waals surface area contributed by atoms with Gasteiger partial charge in [-0.25, -0.2) is 0 Å². The van der Waals surface area contributed by atoms with Gasteiger partial charge in [0.15, 0.2) is 12.4 Å². The molecule has 1 saturated heterocycles. The topological polar surface area (TPSA) is 88.2 Å². The van der Waals surface area contributed by atoms with Crippen molar-refractivity contribution in [2.24, 2.45) is 16.3 Å². The van der Waals surface area contributed by atoms with Gasteiger partial charge in [-0.3, -0.25) is 4.79 Å².